The maximum atomic E-state index is 12.3. The van der Waals surface area contributed by atoms with E-state index >= 15 is 0 Å². The number of hydrogen-bond acceptors (Lipinski definition) is 9. The molecule has 6 N–H and O–H groups in total. The molecule has 3 aromatic rings. The number of Topliss-reactive ketones (excluding diaryl/α,β-unsaturated/α-hetero) is 1. The number of aromatic amines is 1. The molecule has 0 aliphatic heterocycles. The zero-order valence-electron chi connectivity index (χ0n) is 21.1. The number of rotatable bonds is 9. The van der Waals surface area contributed by atoms with Crippen LogP contribution < -0.4 is 21.9 Å². The Labute approximate surface area is 208 Å². The topological polar surface area (TPSA) is 193 Å². The van der Waals surface area contributed by atoms with Gasteiger partial charge in [-0.2, -0.15) is 4.98 Å². The molecule has 0 saturated carbocycles. The van der Waals surface area contributed by atoms with Crippen molar-refractivity contribution in [3.05, 3.63) is 52.1 Å². The largest absolute Gasteiger partial charge is 0.480 e. The van der Waals surface area contributed by atoms with Crippen LogP contribution in [-0.4, -0.2) is 48.7 Å². The van der Waals surface area contributed by atoms with Crippen molar-refractivity contribution >= 4 is 40.5 Å². The number of aliphatic carboxylic acids is 1. The number of amides is 1. The van der Waals surface area contributed by atoms with Gasteiger partial charge in [-0.15, -0.1) is 0 Å². The number of carbonyl (C=O) groups excluding carboxylic acids is 2. The van der Waals surface area contributed by atoms with Gasteiger partial charge in [0.1, 0.15) is 11.8 Å². The lowest BCUT2D eigenvalue weighted by molar-refractivity contribution is -0.139. The number of nitrogen functional groups attached to an aromatic ring is 1. The molecule has 2 aromatic heterocycles. The summed E-state index contributed by atoms with van der Waals surface area (Å²) >= 11 is 0. The van der Waals surface area contributed by atoms with E-state index < -0.39 is 23.5 Å². The van der Waals surface area contributed by atoms with Crippen LogP contribution in [0.15, 0.2) is 35.3 Å². The Morgan fingerprint density at radius 2 is 1.72 bits per heavy atom. The minimum Gasteiger partial charge on any atom is -0.480 e. The molecular formula is C24H33N7O5. The number of benzene rings is 1. The molecule has 194 valence electrons. The summed E-state index contributed by atoms with van der Waals surface area (Å²) in [7, 11) is 0. The molecule has 0 fully saturated rings. The Morgan fingerprint density at radius 3 is 2.31 bits per heavy atom. The highest BCUT2D eigenvalue weighted by atomic mass is 16.4. The number of anilines is 2. The average Bonchev–Trinajstić information content (AvgIpc) is 2.87. The normalized spacial score (nSPS) is 10.7. The first-order valence-corrected chi connectivity index (χ1v) is 11.6. The number of carboxylic acid groups (broad SMARTS) is 1. The maximum absolute atomic E-state index is 12.3. The van der Waals surface area contributed by atoms with Crippen molar-refractivity contribution in [3.8, 4) is 0 Å². The predicted octanol–water partition coefficient (Wildman–Crippen LogP) is 2.51. The van der Waals surface area contributed by atoms with Crippen LogP contribution in [-0.2, 0) is 16.1 Å². The molecule has 0 aliphatic rings. The summed E-state index contributed by atoms with van der Waals surface area (Å²) < 4.78 is 0. The number of fused-ring (bicyclic) bond motifs is 1. The van der Waals surface area contributed by atoms with Crippen molar-refractivity contribution in [3.63, 3.8) is 0 Å². The first-order chi connectivity index (χ1) is 17.2. The van der Waals surface area contributed by atoms with Crippen molar-refractivity contribution in [2.24, 2.45) is 0 Å². The van der Waals surface area contributed by atoms with Crippen LogP contribution in [0, 0.1) is 0 Å². The van der Waals surface area contributed by atoms with E-state index in [1.165, 1.54) is 25.3 Å². The first-order valence-electron chi connectivity index (χ1n) is 11.6. The van der Waals surface area contributed by atoms with E-state index in [1.807, 2.05) is 27.7 Å². The SMILES string of the molecule is CC.CC.CC(=O)CC[C@@H](NC(=O)c1ccc(NCc2cnc3nc(N)[nH]c(=O)c3n2)cc1)C(=O)O. The lowest BCUT2D eigenvalue weighted by Crippen LogP contribution is -2.41. The fraction of sp³-hybridized carbons (Fsp3) is 0.375. The number of ketones is 1. The lowest BCUT2D eigenvalue weighted by atomic mass is 10.1. The van der Waals surface area contributed by atoms with E-state index in [-0.39, 0.29) is 47.8 Å². The zero-order valence-corrected chi connectivity index (χ0v) is 21.1. The molecule has 2 heterocycles. The van der Waals surface area contributed by atoms with Gasteiger partial charge < -0.3 is 26.3 Å². The third-order valence-corrected chi connectivity index (χ3v) is 4.50. The van der Waals surface area contributed by atoms with Crippen molar-refractivity contribution < 1.29 is 19.5 Å². The minimum absolute atomic E-state index is 0.0216. The van der Waals surface area contributed by atoms with Gasteiger partial charge in [0.25, 0.3) is 11.5 Å². The summed E-state index contributed by atoms with van der Waals surface area (Å²) in [5, 5.41) is 14.7. The molecule has 1 amide bonds. The number of nitrogens with one attached hydrogen (secondary N) is 3. The molecule has 0 radical (unpaired) electrons. The molecule has 12 heteroatoms. The number of hydrogen-bond donors (Lipinski definition) is 5. The van der Waals surface area contributed by atoms with Crippen LogP contribution in [0.1, 0.15) is 63.5 Å². The highest BCUT2D eigenvalue weighted by molar-refractivity contribution is 5.97. The summed E-state index contributed by atoms with van der Waals surface area (Å²) in [6.07, 6.45) is 1.55. The smallest absolute Gasteiger partial charge is 0.326 e. The van der Waals surface area contributed by atoms with Crippen LogP contribution in [0.5, 0.6) is 0 Å². The van der Waals surface area contributed by atoms with Crippen molar-refractivity contribution in [2.75, 3.05) is 11.1 Å². The van der Waals surface area contributed by atoms with E-state index in [1.54, 1.807) is 12.1 Å². The molecule has 0 aliphatic carbocycles. The van der Waals surface area contributed by atoms with Crippen LogP contribution in [0.3, 0.4) is 0 Å². The van der Waals surface area contributed by atoms with Crippen LogP contribution in [0.2, 0.25) is 0 Å². The Hall–Kier alpha value is -4.35. The summed E-state index contributed by atoms with van der Waals surface area (Å²) in [6.45, 7) is 9.62. The fourth-order valence-corrected chi connectivity index (χ4v) is 2.83. The quantitative estimate of drug-likeness (QED) is 0.292. The van der Waals surface area contributed by atoms with Gasteiger partial charge >= 0.3 is 5.97 Å². The highest BCUT2D eigenvalue weighted by Crippen LogP contribution is 2.12. The van der Waals surface area contributed by atoms with E-state index in [0.717, 1.165) is 0 Å². The number of nitrogens with two attached hydrogens (primary N) is 1. The molecule has 3 rings (SSSR count). The van der Waals surface area contributed by atoms with Crippen LogP contribution in [0.4, 0.5) is 11.6 Å². The van der Waals surface area contributed by atoms with Gasteiger partial charge in [0.2, 0.25) is 5.95 Å². The minimum atomic E-state index is -1.20. The second-order valence-corrected chi connectivity index (χ2v) is 7.02. The van der Waals surface area contributed by atoms with Gasteiger partial charge in [0.05, 0.1) is 18.4 Å². The number of carboxylic acids is 1. The number of H-pyrrole nitrogens is 1. The zero-order chi connectivity index (χ0) is 27.3. The van der Waals surface area contributed by atoms with Gasteiger partial charge in [-0.3, -0.25) is 14.6 Å². The molecular weight excluding hydrogens is 466 g/mol. The highest BCUT2D eigenvalue weighted by Gasteiger charge is 2.21. The Morgan fingerprint density at radius 1 is 1.08 bits per heavy atom. The standard InChI is InChI=1S/C20H21N7O5.2C2H6/c1-10(28)2-7-14(19(31)32)25-17(29)11-3-5-12(6-4-11)22-8-13-9-23-16-15(24-13)18(30)27-20(21)26-16;2*1-2/h3-6,9,14,22H,2,7-8H2,1H3,(H,25,29)(H,31,32)(H3,21,23,26,27,30);2*1-2H3/t14-;;/m1../s1. The van der Waals surface area contributed by atoms with E-state index in [0.29, 0.717) is 11.4 Å². The predicted molar refractivity (Wildman–Crippen MR) is 138 cm³/mol. The molecule has 12 nitrogen and oxygen atoms in total. The Kier molecular flexibility index (Phi) is 12.2. The number of nitrogens with zero attached hydrogens (tertiary/aromatic N) is 3. The summed E-state index contributed by atoms with van der Waals surface area (Å²) in [6, 6.07) is 5.20. The average molecular weight is 500 g/mol. The van der Waals surface area contributed by atoms with Gasteiger partial charge in [-0.25, -0.2) is 14.8 Å². The number of carbonyl (C=O) groups is 3. The maximum Gasteiger partial charge on any atom is 0.326 e. The van der Waals surface area contributed by atoms with Crippen molar-refractivity contribution in [2.45, 2.75) is 60.0 Å². The summed E-state index contributed by atoms with van der Waals surface area (Å²) in [5.41, 5.74) is 6.64. The van der Waals surface area contributed by atoms with Crippen LogP contribution in [0.25, 0.3) is 11.2 Å². The molecule has 0 spiro atoms. The first kappa shape index (κ1) is 29.7. The van der Waals surface area contributed by atoms with Gasteiger partial charge in [-0.05, 0) is 37.6 Å². The molecule has 36 heavy (non-hydrogen) atoms. The van der Waals surface area contributed by atoms with Crippen molar-refractivity contribution in [1.82, 2.24) is 25.3 Å². The third-order valence-electron chi connectivity index (χ3n) is 4.50. The monoisotopic (exact) mass is 499 g/mol. The van der Waals surface area contributed by atoms with E-state index in [4.69, 9.17) is 5.73 Å². The molecule has 0 unspecified atom stereocenters. The van der Waals surface area contributed by atoms with E-state index in [9.17, 15) is 24.3 Å². The Balaban J connectivity index is 0.00000154. The van der Waals surface area contributed by atoms with E-state index in [2.05, 4.69) is 30.6 Å². The summed E-state index contributed by atoms with van der Waals surface area (Å²) in [4.78, 5) is 61.2. The van der Waals surface area contributed by atoms with Crippen LogP contribution >= 0.6 is 0 Å². The van der Waals surface area contributed by atoms with Gasteiger partial charge in [-0.1, -0.05) is 27.7 Å². The fourth-order valence-electron chi connectivity index (χ4n) is 2.83. The summed E-state index contributed by atoms with van der Waals surface area (Å²) in [5.74, 6) is -1.95. The molecule has 1 atom stereocenters. The molecule has 0 bridgehead atoms. The lowest BCUT2D eigenvalue weighted by Gasteiger charge is -2.14. The second-order valence-electron chi connectivity index (χ2n) is 7.02. The Bertz CT molecular complexity index is 1230. The second kappa shape index (κ2) is 14.8. The molecule has 1 aromatic carbocycles. The van der Waals surface area contributed by atoms with Crippen molar-refractivity contribution in [1.29, 1.82) is 0 Å². The molecule has 0 saturated heterocycles. The number of aromatic nitrogens is 4. The third kappa shape index (κ3) is 8.78. The van der Waals surface area contributed by atoms with Gasteiger partial charge in [0.15, 0.2) is 11.2 Å². The van der Waals surface area contributed by atoms with Gasteiger partial charge in [0, 0.05) is 17.7 Å².